The summed E-state index contributed by atoms with van der Waals surface area (Å²) in [5, 5.41) is 3.21. The van der Waals surface area contributed by atoms with Gasteiger partial charge < -0.3 is 10.1 Å². The number of para-hydroxylation sites is 1. The Balaban J connectivity index is 1.36. The molecule has 0 aliphatic carbocycles. The Morgan fingerprint density at radius 1 is 0.969 bits per heavy atom. The van der Waals surface area contributed by atoms with Crippen LogP contribution >= 0.6 is 0 Å². The van der Waals surface area contributed by atoms with Gasteiger partial charge in [0.2, 0.25) is 5.91 Å². The summed E-state index contributed by atoms with van der Waals surface area (Å²) in [6.07, 6.45) is 7.82. The number of fused-ring (bicyclic) bond motifs is 1. The number of carbonyl (C=O) groups is 1. The fourth-order valence-electron chi connectivity index (χ4n) is 5.07. The van der Waals surface area contributed by atoms with Crippen LogP contribution in [0.15, 0.2) is 48.5 Å². The Bertz CT molecular complexity index is 893. The number of likely N-dealkylation sites (tertiary alicyclic amines) is 1. The van der Waals surface area contributed by atoms with Crippen molar-refractivity contribution < 1.29 is 13.9 Å². The van der Waals surface area contributed by atoms with Gasteiger partial charge >= 0.3 is 0 Å². The van der Waals surface area contributed by atoms with Crippen molar-refractivity contribution in [1.82, 2.24) is 10.2 Å². The molecule has 0 atom stereocenters. The van der Waals surface area contributed by atoms with Crippen molar-refractivity contribution in [3.63, 3.8) is 0 Å². The van der Waals surface area contributed by atoms with E-state index in [0.717, 1.165) is 82.3 Å². The van der Waals surface area contributed by atoms with E-state index in [4.69, 9.17) is 4.74 Å². The number of aryl methyl sites for hydroxylation is 1. The minimum atomic E-state index is -0.276. The molecule has 5 heteroatoms. The lowest BCUT2D eigenvalue weighted by atomic mass is 9.73. The summed E-state index contributed by atoms with van der Waals surface area (Å²) in [6.45, 7) is 3.76. The standard InChI is InChI=1S/C27H35FN2O2/c28-24-11-6-8-22(20-24)21-30-17-14-27(15-18-30)13-5-1-2-9-23-10-3-4-12-25(23)32-19-7-16-29-26(27)31/h3-4,6,8,10-12,20H,1-2,5,7,9,13-19,21H2,(H,29,31). The van der Waals surface area contributed by atoms with Crippen LogP contribution in [0.1, 0.15) is 56.1 Å². The first-order valence-corrected chi connectivity index (χ1v) is 12.1. The molecule has 32 heavy (non-hydrogen) atoms. The summed E-state index contributed by atoms with van der Waals surface area (Å²) < 4.78 is 19.5. The highest BCUT2D eigenvalue weighted by molar-refractivity contribution is 5.82. The van der Waals surface area contributed by atoms with E-state index in [2.05, 4.69) is 22.3 Å². The predicted molar refractivity (Wildman–Crippen MR) is 125 cm³/mol. The maximum absolute atomic E-state index is 13.5. The number of ether oxygens (including phenoxy) is 1. The summed E-state index contributed by atoms with van der Waals surface area (Å²) >= 11 is 0. The summed E-state index contributed by atoms with van der Waals surface area (Å²) in [7, 11) is 0. The van der Waals surface area contributed by atoms with Crippen LogP contribution in [0.25, 0.3) is 0 Å². The molecule has 1 N–H and O–H groups in total. The van der Waals surface area contributed by atoms with Gasteiger partial charge in [-0.05, 0) is 80.9 Å². The van der Waals surface area contributed by atoms with E-state index in [0.29, 0.717) is 13.2 Å². The number of hydrogen-bond acceptors (Lipinski definition) is 3. The van der Waals surface area contributed by atoms with Gasteiger partial charge in [0.1, 0.15) is 11.6 Å². The molecular weight excluding hydrogens is 403 g/mol. The number of benzene rings is 2. The summed E-state index contributed by atoms with van der Waals surface area (Å²) in [5.41, 5.74) is 2.01. The van der Waals surface area contributed by atoms with Crippen LogP contribution < -0.4 is 10.1 Å². The largest absolute Gasteiger partial charge is 0.493 e. The molecule has 172 valence electrons. The average Bonchev–Trinajstić information content (AvgIpc) is 2.80. The number of carbonyl (C=O) groups excluding carboxylic acids is 1. The Kier molecular flexibility index (Phi) is 7.80. The first-order chi connectivity index (χ1) is 15.6. The lowest BCUT2D eigenvalue weighted by molar-refractivity contribution is -0.134. The van der Waals surface area contributed by atoms with E-state index in [1.807, 2.05) is 18.2 Å². The van der Waals surface area contributed by atoms with Gasteiger partial charge in [-0.2, -0.15) is 0 Å². The molecule has 0 aromatic heterocycles. The zero-order valence-corrected chi connectivity index (χ0v) is 19.0. The fraction of sp³-hybridized carbons (Fsp3) is 0.519. The molecule has 1 spiro atoms. The second-order valence-electron chi connectivity index (χ2n) is 9.31. The third-order valence-electron chi connectivity index (χ3n) is 7.03. The minimum absolute atomic E-state index is 0.187. The molecule has 0 radical (unpaired) electrons. The SMILES string of the molecule is O=C1NCCCOc2ccccc2CCCCCC12CCN(Cc1cccc(F)c1)CC2. The Morgan fingerprint density at radius 2 is 1.81 bits per heavy atom. The fourth-order valence-corrected chi connectivity index (χ4v) is 5.07. The lowest BCUT2D eigenvalue weighted by Gasteiger charge is -2.41. The lowest BCUT2D eigenvalue weighted by Crippen LogP contribution is -2.49. The molecule has 0 bridgehead atoms. The van der Waals surface area contributed by atoms with E-state index < -0.39 is 0 Å². The van der Waals surface area contributed by atoms with Gasteiger partial charge in [0, 0.05) is 13.1 Å². The second-order valence-corrected chi connectivity index (χ2v) is 9.31. The highest BCUT2D eigenvalue weighted by atomic mass is 19.1. The maximum Gasteiger partial charge on any atom is 0.226 e. The van der Waals surface area contributed by atoms with Crippen LogP contribution in [0, 0.1) is 11.2 Å². The van der Waals surface area contributed by atoms with Crippen LogP contribution in [0.2, 0.25) is 0 Å². The molecule has 2 aromatic carbocycles. The zero-order valence-electron chi connectivity index (χ0n) is 19.0. The highest BCUT2D eigenvalue weighted by Gasteiger charge is 2.40. The number of halogens is 1. The highest BCUT2D eigenvalue weighted by Crippen LogP contribution is 2.38. The van der Waals surface area contributed by atoms with Crippen molar-refractivity contribution in [2.45, 2.75) is 57.9 Å². The second kappa shape index (κ2) is 11.0. The number of piperidine rings is 1. The van der Waals surface area contributed by atoms with E-state index in [-0.39, 0.29) is 17.1 Å². The summed E-state index contributed by atoms with van der Waals surface area (Å²) in [6, 6.07) is 15.2. The molecule has 4 rings (SSSR count). The zero-order chi connectivity index (χ0) is 22.2. The number of rotatable bonds is 2. The molecule has 1 saturated heterocycles. The van der Waals surface area contributed by atoms with Gasteiger partial charge in [0.05, 0.1) is 12.0 Å². The molecule has 2 aliphatic heterocycles. The Labute approximate surface area is 191 Å². The maximum atomic E-state index is 13.5. The number of hydrogen-bond donors (Lipinski definition) is 1. The summed E-state index contributed by atoms with van der Waals surface area (Å²) in [4.78, 5) is 15.6. The van der Waals surface area contributed by atoms with Crippen LogP contribution in [0.3, 0.4) is 0 Å². The number of nitrogens with zero attached hydrogens (tertiary/aromatic N) is 1. The van der Waals surface area contributed by atoms with Gasteiger partial charge in [-0.15, -0.1) is 0 Å². The van der Waals surface area contributed by atoms with Gasteiger partial charge in [-0.25, -0.2) is 4.39 Å². The minimum Gasteiger partial charge on any atom is -0.493 e. The normalized spacial score (nSPS) is 20.6. The molecule has 1 fully saturated rings. The first kappa shape index (κ1) is 22.8. The number of amides is 1. The monoisotopic (exact) mass is 438 g/mol. The van der Waals surface area contributed by atoms with Gasteiger partial charge in [0.25, 0.3) is 0 Å². The average molecular weight is 439 g/mol. The molecule has 2 aromatic rings. The molecular formula is C27H35FN2O2. The topological polar surface area (TPSA) is 41.6 Å². The molecule has 2 heterocycles. The number of nitrogens with one attached hydrogen (secondary N) is 1. The van der Waals surface area contributed by atoms with Crippen molar-refractivity contribution in [3.05, 3.63) is 65.5 Å². The smallest absolute Gasteiger partial charge is 0.226 e. The van der Waals surface area contributed by atoms with Gasteiger partial charge in [0.15, 0.2) is 0 Å². The van der Waals surface area contributed by atoms with E-state index in [1.54, 1.807) is 12.1 Å². The van der Waals surface area contributed by atoms with Crippen molar-refractivity contribution in [3.8, 4) is 5.75 Å². The van der Waals surface area contributed by atoms with Crippen LogP contribution in [-0.2, 0) is 17.8 Å². The van der Waals surface area contributed by atoms with Gasteiger partial charge in [-0.1, -0.05) is 43.2 Å². The van der Waals surface area contributed by atoms with Crippen LogP contribution in [-0.4, -0.2) is 37.0 Å². The van der Waals surface area contributed by atoms with Crippen molar-refractivity contribution in [2.24, 2.45) is 5.41 Å². The van der Waals surface area contributed by atoms with Crippen LogP contribution in [0.5, 0.6) is 5.75 Å². The molecule has 2 aliphatic rings. The predicted octanol–water partition coefficient (Wildman–Crippen LogP) is 5.11. The van der Waals surface area contributed by atoms with Crippen molar-refractivity contribution in [2.75, 3.05) is 26.2 Å². The molecule has 1 amide bonds. The molecule has 4 nitrogen and oxygen atoms in total. The molecule has 0 unspecified atom stereocenters. The Morgan fingerprint density at radius 3 is 2.66 bits per heavy atom. The molecule has 0 saturated carbocycles. The summed E-state index contributed by atoms with van der Waals surface area (Å²) in [5.74, 6) is 1.01. The van der Waals surface area contributed by atoms with Crippen LogP contribution in [0.4, 0.5) is 4.39 Å². The quantitative estimate of drug-likeness (QED) is 0.708. The van der Waals surface area contributed by atoms with Crippen molar-refractivity contribution >= 4 is 5.91 Å². The van der Waals surface area contributed by atoms with Crippen molar-refractivity contribution in [1.29, 1.82) is 0 Å². The van der Waals surface area contributed by atoms with E-state index in [1.165, 1.54) is 11.6 Å². The van der Waals surface area contributed by atoms with E-state index >= 15 is 0 Å². The third-order valence-corrected chi connectivity index (χ3v) is 7.03. The first-order valence-electron chi connectivity index (χ1n) is 12.1. The third kappa shape index (κ3) is 5.89. The Hall–Kier alpha value is -2.40. The van der Waals surface area contributed by atoms with Gasteiger partial charge in [-0.3, -0.25) is 9.69 Å². The van der Waals surface area contributed by atoms with E-state index in [9.17, 15) is 9.18 Å².